The van der Waals surface area contributed by atoms with Gasteiger partial charge in [-0.25, -0.2) is 9.59 Å². The van der Waals surface area contributed by atoms with Crippen molar-refractivity contribution in [2.24, 2.45) is 0 Å². The molecule has 2 unspecified atom stereocenters. The first kappa shape index (κ1) is 17.0. The van der Waals surface area contributed by atoms with Gasteiger partial charge in [-0.15, -0.1) is 0 Å². The highest BCUT2D eigenvalue weighted by Crippen LogP contribution is 2.25. The Balaban J connectivity index is 1.68. The number of rotatable bonds is 5. The molecule has 1 N–H and O–H groups in total. The van der Waals surface area contributed by atoms with Crippen LogP contribution in [0.25, 0.3) is 0 Å². The van der Waals surface area contributed by atoms with Gasteiger partial charge in [-0.3, -0.25) is 0 Å². The highest BCUT2D eigenvalue weighted by molar-refractivity contribution is 6.30. The molecule has 1 aliphatic rings. The summed E-state index contributed by atoms with van der Waals surface area (Å²) in [5, 5.41) is 3.33. The highest BCUT2D eigenvalue weighted by atomic mass is 35.5. The molecule has 1 amide bonds. The van der Waals surface area contributed by atoms with E-state index in [4.69, 9.17) is 21.1 Å². The number of carbonyl (C=O) groups is 2. The molecule has 0 spiro atoms. The maximum atomic E-state index is 12.2. The van der Waals surface area contributed by atoms with Crippen molar-refractivity contribution in [3.05, 3.63) is 82.9 Å². The Morgan fingerprint density at radius 1 is 1.16 bits per heavy atom. The van der Waals surface area contributed by atoms with E-state index in [2.05, 4.69) is 5.32 Å². The summed E-state index contributed by atoms with van der Waals surface area (Å²) in [6.07, 6.45) is 1.75. The third-order valence-electron chi connectivity index (χ3n) is 3.72. The van der Waals surface area contributed by atoms with Crippen molar-refractivity contribution in [2.45, 2.75) is 18.8 Å². The Morgan fingerprint density at radius 3 is 2.52 bits per heavy atom. The van der Waals surface area contributed by atoms with Gasteiger partial charge in [0.2, 0.25) is 0 Å². The Kier molecular flexibility index (Phi) is 5.36. The molecule has 0 fully saturated rings. The fraction of sp³-hybridized carbons (Fsp3) is 0.158. The predicted octanol–water partition coefficient (Wildman–Crippen LogP) is 3.79. The quantitative estimate of drug-likeness (QED) is 0.827. The molecular weight excluding hydrogens is 342 g/mol. The van der Waals surface area contributed by atoms with E-state index in [1.807, 2.05) is 30.3 Å². The lowest BCUT2D eigenvalue weighted by Crippen LogP contribution is -2.36. The van der Waals surface area contributed by atoms with Crippen LogP contribution in [0.3, 0.4) is 0 Å². The molecule has 1 aliphatic heterocycles. The average molecular weight is 358 g/mol. The van der Waals surface area contributed by atoms with E-state index in [0.717, 1.165) is 11.1 Å². The summed E-state index contributed by atoms with van der Waals surface area (Å²) < 4.78 is 10.5. The summed E-state index contributed by atoms with van der Waals surface area (Å²) in [6.45, 7) is 0.153. The molecule has 0 saturated heterocycles. The molecule has 0 radical (unpaired) electrons. The minimum absolute atomic E-state index is 0.153. The van der Waals surface area contributed by atoms with Gasteiger partial charge in [-0.1, -0.05) is 54.1 Å². The fourth-order valence-corrected chi connectivity index (χ4v) is 2.61. The average Bonchev–Trinajstić information content (AvgIpc) is 3.06. The number of ether oxygens (including phenoxy) is 2. The minimum Gasteiger partial charge on any atom is -0.452 e. The monoisotopic (exact) mass is 357 g/mol. The SMILES string of the molecule is O=C1C=CC(C(NC(=O)OCc2ccccc2)c2ccc(Cl)cc2)O1. The van der Waals surface area contributed by atoms with Gasteiger partial charge in [0.05, 0.1) is 6.04 Å². The van der Waals surface area contributed by atoms with E-state index >= 15 is 0 Å². The molecule has 0 bridgehead atoms. The van der Waals surface area contributed by atoms with Crippen LogP contribution >= 0.6 is 11.6 Å². The van der Waals surface area contributed by atoms with Crippen LogP contribution in [0.1, 0.15) is 17.2 Å². The Hall–Kier alpha value is -2.79. The predicted molar refractivity (Wildman–Crippen MR) is 93.0 cm³/mol. The molecule has 128 valence electrons. The summed E-state index contributed by atoms with van der Waals surface area (Å²) in [5.74, 6) is -0.441. The van der Waals surface area contributed by atoms with E-state index < -0.39 is 24.2 Å². The number of esters is 1. The molecule has 5 nitrogen and oxygen atoms in total. The van der Waals surface area contributed by atoms with E-state index in [0.29, 0.717) is 5.02 Å². The summed E-state index contributed by atoms with van der Waals surface area (Å²) >= 11 is 5.91. The van der Waals surface area contributed by atoms with Crippen molar-refractivity contribution >= 4 is 23.7 Å². The van der Waals surface area contributed by atoms with Gasteiger partial charge in [-0.2, -0.15) is 0 Å². The fourth-order valence-electron chi connectivity index (χ4n) is 2.48. The van der Waals surface area contributed by atoms with Gasteiger partial charge in [0.15, 0.2) is 0 Å². The van der Waals surface area contributed by atoms with E-state index in [9.17, 15) is 9.59 Å². The summed E-state index contributed by atoms with van der Waals surface area (Å²) in [7, 11) is 0. The summed E-state index contributed by atoms with van der Waals surface area (Å²) in [4.78, 5) is 23.5. The van der Waals surface area contributed by atoms with Gasteiger partial charge in [-0.05, 0) is 29.3 Å². The largest absolute Gasteiger partial charge is 0.452 e. The second kappa shape index (κ2) is 7.85. The standard InChI is InChI=1S/C19H16ClNO4/c20-15-8-6-14(7-9-15)18(16-10-11-17(22)25-16)21-19(23)24-12-13-4-2-1-3-5-13/h1-11,16,18H,12H2,(H,21,23). The lowest BCUT2D eigenvalue weighted by molar-refractivity contribution is -0.139. The van der Waals surface area contributed by atoms with Crippen LogP contribution in [0, 0.1) is 0 Å². The van der Waals surface area contributed by atoms with Crippen molar-refractivity contribution in [1.29, 1.82) is 0 Å². The maximum absolute atomic E-state index is 12.2. The third kappa shape index (κ3) is 4.61. The van der Waals surface area contributed by atoms with Crippen molar-refractivity contribution in [3.63, 3.8) is 0 Å². The minimum atomic E-state index is -0.599. The number of halogens is 1. The smallest absolute Gasteiger partial charge is 0.408 e. The van der Waals surface area contributed by atoms with Gasteiger partial charge in [0.1, 0.15) is 12.7 Å². The van der Waals surface area contributed by atoms with Crippen LogP contribution in [0.15, 0.2) is 66.7 Å². The number of amides is 1. The van der Waals surface area contributed by atoms with Crippen molar-refractivity contribution < 1.29 is 19.1 Å². The van der Waals surface area contributed by atoms with Crippen molar-refractivity contribution in [1.82, 2.24) is 5.32 Å². The van der Waals surface area contributed by atoms with Gasteiger partial charge < -0.3 is 14.8 Å². The zero-order chi connectivity index (χ0) is 17.6. The molecule has 0 saturated carbocycles. The Bertz CT molecular complexity index is 774. The van der Waals surface area contributed by atoms with Gasteiger partial charge in [0, 0.05) is 11.1 Å². The number of carbonyl (C=O) groups excluding carboxylic acids is 2. The number of benzene rings is 2. The molecule has 2 aromatic carbocycles. The molecule has 25 heavy (non-hydrogen) atoms. The summed E-state index contributed by atoms with van der Waals surface area (Å²) in [6, 6.07) is 15.8. The lowest BCUT2D eigenvalue weighted by Gasteiger charge is -2.23. The van der Waals surface area contributed by atoms with Crippen molar-refractivity contribution in [3.8, 4) is 0 Å². The summed E-state index contributed by atoms with van der Waals surface area (Å²) in [5.41, 5.74) is 1.64. The van der Waals surface area contributed by atoms with Crippen LogP contribution in [-0.2, 0) is 20.9 Å². The van der Waals surface area contributed by atoms with Crippen LogP contribution < -0.4 is 5.32 Å². The van der Waals surface area contributed by atoms with Crippen LogP contribution in [0.2, 0.25) is 5.02 Å². The molecule has 2 aromatic rings. The van der Waals surface area contributed by atoms with Gasteiger partial charge in [0.25, 0.3) is 0 Å². The Labute approximate surface area is 150 Å². The van der Waals surface area contributed by atoms with E-state index in [1.165, 1.54) is 6.08 Å². The van der Waals surface area contributed by atoms with E-state index in [-0.39, 0.29) is 6.61 Å². The van der Waals surface area contributed by atoms with Crippen LogP contribution in [0.4, 0.5) is 4.79 Å². The van der Waals surface area contributed by atoms with Crippen LogP contribution in [-0.4, -0.2) is 18.2 Å². The van der Waals surface area contributed by atoms with Crippen LogP contribution in [0.5, 0.6) is 0 Å². The van der Waals surface area contributed by atoms with Gasteiger partial charge >= 0.3 is 12.1 Å². The first-order valence-corrected chi connectivity index (χ1v) is 8.11. The zero-order valence-corrected chi connectivity index (χ0v) is 14.0. The number of hydrogen-bond acceptors (Lipinski definition) is 4. The maximum Gasteiger partial charge on any atom is 0.408 e. The number of hydrogen-bond donors (Lipinski definition) is 1. The molecule has 6 heteroatoms. The molecule has 3 rings (SSSR count). The topological polar surface area (TPSA) is 64.6 Å². The molecule has 0 aromatic heterocycles. The third-order valence-corrected chi connectivity index (χ3v) is 3.97. The molecular formula is C19H16ClNO4. The van der Waals surface area contributed by atoms with E-state index in [1.54, 1.807) is 30.3 Å². The van der Waals surface area contributed by atoms with Crippen molar-refractivity contribution in [2.75, 3.05) is 0 Å². The normalized spacial score (nSPS) is 17.0. The second-order valence-electron chi connectivity index (χ2n) is 5.50. The molecule has 0 aliphatic carbocycles. The number of nitrogens with one attached hydrogen (secondary N) is 1. The first-order chi connectivity index (χ1) is 12.1. The number of cyclic esters (lactones) is 1. The Morgan fingerprint density at radius 2 is 1.88 bits per heavy atom. The lowest BCUT2D eigenvalue weighted by atomic mass is 10.0. The highest BCUT2D eigenvalue weighted by Gasteiger charge is 2.29. The molecule has 2 atom stereocenters. The number of alkyl carbamates (subject to hydrolysis) is 1. The second-order valence-corrected chi connectivity index (χ2v) is 5.93. The molecule has 1 heterocycles. The first-order valence-electron chi connectivity index (χ1n) is 7.73. The zero-order valence-electron chi connectivity index (χ0n) is 13.2.